The molecule has 0 heterocycles. The van der Waals surface area contributed by atoms with E-state index in [4.69, 9.17) is 9.47 Å². The third kappa shape index (κ3) is 2.61. The van der Waals surface area contributed by atoms with Gasteiger partial charge < -0.3 is 19.5 Å². The number of fused-ring (bicyclic) bond motifs is 1. The Labute approximate surface area is 117 Å². The lowest BCUT2D eigenvalue weighted by molar-refractivity contribution is -0.138. The highest BCUT2D eigenvalue weighted by atomic mass is 16.5. The molecular formula is C15H17NO4. The largest absolute Gasteiger partial charge is 0.496 e. The van der Waals surface area contributed by atoms with E-state index in [-0.39, 0.29) is 12.5 Å². The Bertz CT molecular complexity index is 625. The van der Waals surface area contributed by atoms with Crippen molar-refractivity contribution in [2.24, 2.45) is 0 Å². The Morgan fingerprint density at radius 1 is 1.05 bits per heavy atom. The molecule has 5 nitrogen and oxygen atoms in total. The molecule has 0 spiro atoms. The maximum Gasteiger partial charge on any atom is 0.325 e. The van der Waals surface area contributed by atoms with Crippen molar-refractivity contribution in [3.8, 4) is 11.5 Å². The summed E-state index contributed by atoms with van der Waals surface area (Å²) >= 11 is 0. The lowest BCUT2D eigenvalue weighted by atomic mass is 10.1. The predicted octanol–water partition coefficient (Wildman–Crippen LogP) is 2.44. The molecule has 0 atom stereocenters. The van der Waals surface area contributed by atoms with Gasteiger partial charge in [0.15, 0.2) is 0 Å². The van der Waals surface area contributed by atoms with Gasteiger partial charge in [-0.15, -0.1) is 0 Å². The van der Waals surface area contributed by atoms with Crippen LogP contribution in [0.4, 0.5) is 5.69 Å². The highest BCUT2D eigenvalue weighted by Gasteiger charge is 2.13. The van der Waals surface area contributed by atoms with Crippen molar-refractivity contribution in [3.63, 3.8) is 0 Å². The number of carbonyl (C=O) groups excluding carboxylic acids is 1. The van der Waals surface area contributed by atoms with E-state index in [2.05, 4.69) is 10.1 Å². The van der Waals surface area contributed by atoms with Gasteiger partial charge >= 0.3 is 5.97 Å². The number of ether oxygens (including phenoxy) is 3. The van der Waals surface area contributed by atoms with E-state index in [0.717, 1.165) is 22.2 Å². The number of nitrogens with one attached hydrogen (secondary N) is 1. The number of hydrogen-bond acceptors (Lipinski definition) is 5. The van der Waals surface area contributed by atoms with E-state index in [1.54, 1.807) is 20.3 Å². The van der Waals surface area contributed by atoms with E-state index in [1.165, 1.54) is 7.11 Å². The minimum absolute atomic E-state index is 0.0726. The van der Waals surface area contributed by atoms with Crippen LogP contribution in [0.3, 0.4) is 0 Å². The van der Waals surface area contributed by atoms with Crippen molar-refractivity contribution < 1.29 is 19.0 Å². The van der Waals surface area contributed by atoms with Crippen LogP contribution in [0.5, 0.6) is 11.5 Å². The molecule has 0 amide bonds. The van der Waals surface area contributed by atoms with E-state index >= 15 is 0 Å². The Kier molecular flexibility index (Phi) is 4.30. The quantitative estimate of drug-likeness (QED) is 0.849. The molecule has 1 N–H and O–H groups in total. The van der Waals surface area contributed by atoms with Crippen molar-refractivity contribution in [1.29, 1.82) is 0 Å². The molecule has 0 fully saturated rings. The van der Waals surface area contributed by atoms with E-state index in [1.807, 2.05) is 24.3 Å². The maximum absolute atomic E-state index is 11.3. The summed E-state index contributed by atoms with van der Waals surface area (Å²) in [5.41, 5.74) is 0.745. The monoisotopic (exact) mass is 275 g/mol. The molecule has 106 valence electrons. The highest BCUT2D eigenvalue weighted by molar-refractivity contribution is 6.01. The smallest absolute Gasteiger partial charge is 0.325 e. The first kappa shape index (κ1) is 14.0. The Balaban J connectivity index is 2.53. The molecular weight excluding hydrogens is 258 g/mol. The van der Waals surface area contributed by atoms with Crippen LogP contribution < -0.4 is 14.8 Å². The lowest BCUT2D eigenvalue weighted by Gasteiger charge is -2.16. The zero-order chi connectivity index (χ0) is 14.5. The van der Waals surface area contributed by atoms with Crippen LogP contribution in [0.2, 0.25) is 0 Å². The van der Waals surface area contributed by atoms with Crippen LogP contribution in [0.1, 0.15) is 0 Å². The van der Waals surface area contributed by atoms with Crippen LogP contribution in [0.15, 0.2) is 30.3 Å². The highest BCUT2D eigenvalue weighted by Crippen LogP contribution is 2.39. The van der Waals surface area contributed by atoms with E-state index in [9.17, 15) is 4.79 Å². The Hall–Kier alpha value is -2.43. The molecule has 0 saturated carbocycles. The molecule has 0 aliphatic rings. The van der Waals surface area contributed by atoms with Gasteiger partial charge in [0.1, 0.15) is 18.0 Å². The normalized spacial score (nSPS) is 10.2. The zero-order valence-corrected chi connectivity index (χ0v) is 11.7. The van der Waals surface area contributed by atoms with E-state index < -0.39 is 0 Å². The minimum Gasteiger partial charge on any atom is -0.496 e. The second-order valence-corrected chi connectivity index (χ2v) is 4.13. The van der Waals surface area contributed by atoms with Crippen molar-refractivity contribution in [3.05, 3.63) is 30.3 Å². The summed E-state index contributed by atoms with van der Waals surface area (Å²) in [6, 6.07) is 9.55. The Morgan fingerprint density at radius 2 is 1.70 bits per heavy atom. The molecule has 2 aromatic carbocycles. The molecule has 0 radical (unpaired) electrons. The molecule has 0 saturated heterocycles. The third-order valence-corrected chi connectivity index (χ3v) is 3.05. The Morgan fingerprint density at radius 3 is 2.30 bits per heavy atom. The molecule has 0 aliphatic heterocycles. The molecule has 2 aromatic rings. The third-order valence-electron chi connectivity index (χ3n) is 3.05. The topological polar surface area (TPSA) is 56.8 Å². The molecule has 5 heteroatoms. The van der Waals surface area contributed by atoms with Gasteiger partial charge in [-0.25, -0.2) is 0 Å². The lowest BCUT2D eigenvalue weighted by Crippen LogP contribution is -2.15. The molecule has 20 heavy (non-hydrogen) atoms. The van der Waals surface area contributed by atoms with Gasteiger partial charge in [-0.1, -0.05) is 24.3 Å². The fourth-order valence-electron chi connectivity index (χ4n) is 2.06. The van der Waals surface area contributed by atoms with Crippen molar-refractivity contribution in [2.75, 3.05) is 33.2 Å². The predicted molar refractivity (Wildman–Crippen MR) is 77.6 cm³/mol. The summed E-state index contributed by atoms with van der Waals surface area (Å²) in [7, 11) is 4.54. The standard InChI is InChI=1S/C15H17NO4/c1-18-12-8-13(19-2)15(16-9-14(17)20-3)11-7-5-4-6-10(11)12/h4-8,16H,9H2,1-3H3. The zero-order valence-electron chi connectivity index (χ0n) is 11.7. The van der Waals surface area contributed by atoms with Gasteiger partial charge in [-0.2, -0.15) is 0 Å². The van der Waals surface area contributed by atoms with Gasteiger partial charge in [-0.05, 0) is 0 Å². The minimum atomic E-state index is -0.341. The fraction of sp³-hybridized carbons (Fsp3) is 0.267. The van der Waals surface area contributed by atoms with E-state index in [0.29, 0.717) is 5.75 Å². The number of anilines is 1. The van der Waals surface area contributed by atoms with Crippen molar-refractivity contribution in [2.45, 2.75) is 0 Å². The second kappa shape index (κ2) is 6.14. The number of hydrogen-bond donors (Lipinski definition) is 1. The molecule has 0 bridgehead atoms. The van der Waals surface area contributed by atoms with Gasteiger partial charge in [0.2, 0.25) is 0 Å². The first-order valence-electron chi connectivity index (χ1n) is 6.15. The fourth-order valence-corrected chi connectivity index (χ4v) is 2.06. The molecule has 2 rings (SSSR count). The van der Waals surface area contributed by atoms with Crippen molar-refractivity contribution in [1.82, 2.24) is 0 Å². The number of carbonyl (C=O) groups is 1. The molecule has 0 aliphatic carbocycles. The SMILES string of the molecule is COC(=O)CNc1c(OC)cc(OC)c2ccccc12. The first-order chi connectivity index (χ1) is 9.71. The van der Waals surface area contributed by atoms with Crippen LogP contribution in [0.25, 0.3) is 10.8 Å². The number of benzene rings is 2. The summed E-state index contributed by atoms with van der Waals surface area (Å²) in [6.07, 6.45) is 0. The number of esters is 1. The number of methoxy groups -OCH3 is 3. The summed E-state index contributed by atoms with van der Waals surface area (Å²) in [6.45, 7) is 0.0726. The van der Waals surface area contributed by atoms with Crippen molar-refractivity contribution >= 4 is 22.4 Å². The molecule has 0 aromatic heterocycles. The van der Waals surface area contributed by atoms with Crippen LogP contribution >= 0.6 is 0 Å². The van der Waals surface area contributed by atoms with Gasteiger partial charge in [0.25, 0.3) is 0 Å². The van der Waals surface area contributed by atoms with Gasteiger partial charge in [-0.3, -0.25) is 4.79 Å². The maximum atomic E-state index is 11.3. The first-order valence-corrected chi connectivity index (χ1v) is 6.15. The average Bonchev–Trinajstić information content (AvgIpc) is 2.51. The summed E-state index contributed by atoms with van der Waals surface area (Å²) in [5, 5.41) is 4.93. The van der Waals surface area contributed by atoms with Gasteiger partial charge in [0.05, 0.1) is 27.0 Å². The van der Waals surface area contributed by atoms with Gasteiger partial charge in [0, 0.05) is 16.8 Å². The van der Waals surface area contributed by atoms with Crippen LogP contribution in [-0.4, -0.2) is 33.8 Å². The average molecular weight is 275 g/mol. The van der Waals surface area contributed by atoms with Crippen LogP contribution in [-0.2, 0) is 9.53 Å². The summed E-state index contributed by atoms with van der Waals surface area (Å²) < 4.78 is 15.4. The molecule has 0 unspecified atom stereocenters. The number of rotatable bonds is 5. The second-order valence-electron chi connectivity index (χ2n) is 4.13. The summed E-state index contributed by atoms with van der Waals surface area (Å²) in [5.74, 6) is 0.998. The van der Waals surface area contributed by atoms with Crippen LogP contribution in [0, 0.1) is 0 Å². The summed E-state index contributed by atoms with van der Waals surface area (Å²) in [4.78, 5) is 11.3.